The molecule has 0 spiro atoms. The number of piperidine rings is 1. The lowest BCUT2D eigenvalue weighted by Gasteiger charge is -2.38. The number of carbonyl (C=O) groups is 1. The van der Waals surface area contributed by atoms with Crippen LogP contribution in [-0.4, -0.2) is 43.6 Å². The highest BCUT2D eigenvalue weighted by Crippen LogP contribution is 2.32. The molecule has 0 bridgehead atoms. The van der Waals surface area contributed by atoms with Gasteiger partial charge in [0.05, 0.1) is 12.0 Å². The van der Waals surface area contributed by atoms with Crippen molar-refractivity contribution in [1.29, 1.82) is 0 Å². The minimum Gasteiger partial charge on any atom is -0.493 e. The average molecular weight is 373 g/mol. The molecule has 1 atom stereocenters. The summed E-state index contributed by atoms with van der Waals surface area (Å²) in [5.74, 6) is 3.23. The summed E-state index contributed by atoms with van der Waals surface area (Å²) in [6.45, 7) is 13.2. The molecule has 1 aromatic carbocycles. The number of nitrogens with zero attached hydrogens (tertiary/aromatic N) is 1. The van der Waals surface area contributed by atoms with Gasteiger partial charge < -0.3 is 15.0 Å². The van der Waals surface area contributed by atoms with Gasteiger partial charge in [0.1, 0.15) is 5.75 Å². The van der Waals surface area contributed by atoms with Crippen molar-refractivity contribution in [2.45, 2.75) is 52.4 Å². The van der Waals surface area contributed by atoms with Crippen LogP contribution >= 0.6 is 0 Å². The van der Waals surface area contributed by atoms with Gasteiger partial charge in [0.15, 0.2) is 0 Å². The zero-order chi connectivity index (χ0) is 19.4. The Morgan fingerprint density at radius 2 is 1.81 bits per heavy atom. The van der Waals surface area contributed by atoms with Crippen molar-refractivity contribution < 1.29 is 9.53 Å². The Morgan fingerprint density at radius 3 is 2.37 bits per heavy atom. The van der Waals surface area contributed by atoms with Crippen LogP contribution in [0, 0.1) is 17.8 Å². The standard InChI is InChI=1S/C23H36N2O2/c1-17(2)16-27-21-7-5-20(6-8-21)23(3,4)22(26)25-13-10-18(11-14-25)19-9-12-24-15-19/h5-8,17-19,24H,9-16H2,1-4H3. The van der Waals surface area contributed by atoms with Gasteiger partial charge in [0, 0.05) is 13.1 Å². The van der Waals surface area contributed by atoms with E-state index < -0.39 is 5.41 Å². The summed E-state index contributed by atoms with van der Waals surface area (Å²) >= 11 is 0. The molecule has 1 N–H and O–H groups in total. The van der Waals surface area contributed by atoms with Gasteiger partial charge in [-0.2, -0.15) is 0 Å². The highest BCUT2D eigenvalue weighted by molar-refractivity contribution is 5.87. The van der Waals surface area contributed by atoms with Crippen molar-refractivity contribution in [2.75, 3.05) is 32.8 Å². The molecule has 2 saturated heterocycles. The van der Waals surface area contributed by atoms with Crippen LogP contribution in [0.5, 0.6) is 5.75 Å². The third-order valence-electron chi connectivity index (χ3n) is 6.29. The molecule has 1 amide bonds. The van der Waals surface area contributed by atoms with Crippen molar-refractivity contribution in [3.63, 3.8) is 0 Å². The second kappa shape index (κ2) is 8.64. The van der Waals surface area contributed by atoms with Crippen LogP contribution in [0.2, 0.25) is 0 Å². The SMILES string of the molecule is CC(C)COc1ccc(C(C)(C)C(=O)N2CCC(C3CCNC3)CC2)cc1. The maximum Gasteiger partial charge on any atom is 0.232 e. The highest BCUT2D eigenvalue weighted by Gasteiger charge is 2.37. The molecule has 4 nitrogen and oxygen atoms in total. The lowest BCUT2D eigenvalue weighted by atomic mass is 9.80. The molecule has 2 aliphatic rings. The van der Waals surface area contributed by atoms with Gasteiger partial charge in [-0.3, -0.25) is 4.79 Å². The number of carbonyl (C=O) groups excluding carboxylic acids is 1. The summed E-state index contributed by atoms with van der Waals surface area (Å²) in [7, 11) is 0. The Kier molecular flexibility index (Phi) is 6.46. The molecule has 0 aliphatic carbocycles. The third-order valence-corrected chi connectivity index (χ3v) is 6.29. The van der Waals surface area contributed by atoms with E-state index in [0.717, 1.165) is 62.2 Å². The van der Waals surface area contributed by atoms with Gasteiger partial charge in [0.2, 0.25) is 5.91 Å². The smallest absolute Gasteiger partial charge is 0.232 e. The number of amides is 1. The molecule has 4 heteroatoms. The largest absolute Gasteiger partial charge is 0.493 e. The number of hydrogen-bond acceptors (Lipinski definition) is 3. The third kappa shape index (κ3) is 4.84. The number of hydrogen-bond donors (Lipinski definition) is 1. The predicted molar refractivity (Wildman–Crippen MR) is 110 cm³/mol. The van der Waals surface area contributed by atoms with Crippen molar-refractivity contribution >= 4 is 5.91 Å². The van der Waals surface area contributed by atoms with E-state index in [1.165, 1.54) is 6.42 Å². The zero-order valence-electron chi connectivity index (χ0n) is 17.5. The highest BCUT2D eigenvalue weighted by atomic mass is 16.5. The summed E-state index contributed by atoms with van der Waals surface area (Å²) in [5.41, 5.74) is 0.560. The van der Waals surface area contributed by atoms with Gasteiger partial charge in [-0.25, -0.2) is 0 Å². The first-order chi connectivity index (χ1) is 12.9. The van der Waals surface area contributed by atoms with Crippen LogP contribution < -0.4 is 10.1 Å². The zero-order valence-corrected chi connectivity index (χ0v) is 17.5. The molecule has 3 rings (SSSR count). The Bertz CT molecular complexity index is 610. The molecular formula is C23H36N2O2. The van der Waals surface area contributed by atoms with Crippen LogP contribution in [0.25, 0.3) is 0 Å². The number of rotatable bonds is 6. The second-order valence-corrected chi connectivity index (χ2v) is 9.24. The van der Waals surface area contributed by atoms with Gasteiger partial charge in [-0.1, -0.05) is 26.0 Å². The lowest BCUT2D eigenvalue weighted by molar-refractivity contribution is -0.138. The molecule has 0 radical (unpaired) electrons. The molecule has 0 aromatic heterocycles. The summed E-state index contributed by atoms with van der Waals surface area (Å²) in [5, 5.41) is 3.48. The van der Waals surface area contributed by atoms with Crippen molar-refractivity contribution in [3.8, 4) is 5.75 Å². The van der Waals surface area contributed by atoms with E-state index in [2.05, 4.69) is 24.1 Å². The Labute approximate surface area is 164 Å². The molecular weight excluding hydrogens is 336 g/mol. The van der Waals surface area contributed by atoms with Crippen molar-refractivity contribution in [2.24, 2.45) is 17.8 Å². The number of nitrogens with one attached hydrogen (secondary N) is 1. The van der Waals surface area contributed by atoms with Gasteiger partial charge >= 0.3 is 0 Å². The maximum absolute atomic E-state index is 13.2. The second-order valence-electron chi connectivity index (χ2n) is 9.24. The summed E-state index contributed by atoms with van der Waals surface area (Å²) in [6, 6.07) is 8.08. The Balaban J connectivity index is 1.58. The first-order valence-electron chi connectivity index (χ1n) is 10.6. The average Bonchev–Trinajstić information content (AvgIpc) is 3.21. The van der Waals surface area contributed by atoms with Gasteiger partial charge in [-0.15, -0.1) is 0 Å². The van der Waals surface area contributed by atoms with E-state index in [0.29, 0.717) is 12.5 Å². The van der Waals surface area contributed by atoms with E-state index in [1.54, 1.807) is 0 Å². The van der Waals surface area contributed by atoms with Crippen LogP contribution in [0.1, 0.15) is 52.5 Å². The number of ether oxygens (including phenoxy) is 1. The molecule has 1 unspecified atom stereocenters. The molecule has 2 aliphatic heterocycles. The van der Waals surface area contributed by atoms with Crippen molar-refractivity contribution in [3.05, 3.63) is 29.8 Å². The number of likely N-dealkylation sites (tertiary alicyclic amines) is 1. The molecule has 2 fully saturated rings. The fourth-order valence-corrected chi connectivity index (χ4v) is 4.40. The molecule has 150 valence electrons. The van der Waals surface area contributed by atoms with Crippen molar-refractivity contribution in [1.82, 2.24) is 10.2 Å². The fourth-order valence-electron chi connectivity index (χ4n) is 4.40. The lowest BCUT2D eigenvalue weighted by Crippen LogP contribution is -2.47. The fraction of sp³-hybridized carbons (Fsp3) is 0.696. The molecule has 0 saturated carbocycles. The maximum atomic E-state index is 13.2. The van der Waals surface area contributed by atoms with Crippen LogP contribution in [0.15, 0.2) is 24.3 Å². The van der Waals surface area contributed by atoms with Crippen LogP contribution in [0.4, 0.5) is 0 Å². The minimum atomic E-state index is -0.502. The van der Waals surface area contributed by atoms with E-state index in [1.807, 2.05) is 38.1 Å². The van der Waals surface area contributed by atoms with Gasteiger partial charge in [-0.05, 0) is 81.6 Å². The molecule has 2 heterocycles. The van der Waals surface area contributed by atoms with E-state index in [-0.39, 0.29) is 5.91 Å². The summed E-state index contributed by atoms with van der Waals surface area (Å²) in [4.78, 5) is 15.3. The summed E-state index contributed by atoms with van der Waals surface area (Å²) in [6.07, 6.45) is 3.60. The monoisotopic (exact) mass is 372 g/mol. The van der Waals surface area contributed by atoms with Crippen LogP contribution in [-0.2, 0) is 10.2 Å². The van der Waals surface area contributed by atoms with Gasteiger partial charge in [0.25, 0.3) is 0 Å². The first-order valence-corrected chi connectivity index (χ1v) is 10.6. The molecule has 27 heavy (non-hydrogen) atoms. The normalized spacial score (nSPS) is 21.7. The topological polar surface area (TPSA) is 41.6 Å². The first kappa shape index (κ1) is 20.2. The van der Waals surface area contributed by atoms with E-state index in [9.17, 15) is 4.79 Å². The summed E-state index contributed by atoms with van der Waals surface area (Å²) < 4.78 is 5.77. The minimum absolute atomic E-state index is 0.251. The Morgan fingerprint density at radius 1 is 1.15 bits per heavy atom. The molecule has 1 aromatic rings. The predicted octanol–water partition coefficient (Wildman–Crippen LogP) is 3.85. The number of benzene rings is 1. The van der Waals surface area contributed by atoms with E-state index >= 15 is 0 Å². The van der Waals surface area contributed by atoms with E-state index in [4.69, 9.17) is 4.74 Å². The quantitative estimate of drug-likeness (QED) is 0.825. The van der Waals surface area contributed by atoms with Crippen LogP contribution in [0.3, 0.4) is 0 Å². The Hall–Kier alpha value is -1.55.